The summed E-state index contributed by atoms with van der Waals surface area (Å²) < 4.78 is 43.3. The Balaban J connectivity index is 2.11. The number of benzene rings is 2. The number of ether oxygens (including phenoxy) is 3. The van der Waals surface area contributed by atoms with E-state index in [1.165, 1.54) is 29.8 Å². The van der Waals surface area contributed by atoms with Crippen LogP contribution in [0.3, 0.4) is 0 Å². The lowest BCUT2D eigenvalue weighted by atomic mass is 9.88. The molecule has 1 unspecified atom stereocenters. The fraction of sp³-hybridized carbons (Fsp3) is 0.407. The van der Waals surface area contributed by atoms with Crippen LogP contribution in [0.4, 0.5) is 8.78 Å². The van der Waals surface area contributed by atoms with Crippen LogP contribution in [0.2, 0.25) is 0 Å². The van der Waals surface area contributed by atoms with Crippen molar-refractivity contribution in [3.63, 3.8) is 0 Å². The van der Waals surface area contributed by atoms with E-state index < -0.39 is 29.8 Å². The van der Waals surface area contributed by atoms with Gasteiger partial charge in [-0.25, -0.2) is 4.79 Å². The Morgan fingerprint density at radius 3 is 2.53 bits per heavy atom. The number of aliphatic carboxylic acids is 1. The first-order valence-corrected chi connectivity index (χ1v) is 11.7. The minimum absolute atomic E-state index is 0.127. The van der Waals surface area contributed by atoms with Gasteiger partial charge in [-0.15, -0.1) is 0 Å². The van der Waals surface area contributed by atoms with Gasteiger partial charge in [0.05, 0.1) is 23.3 Å². The van der Waals surface area contributed by atoms with E-state index in [0.717, 1.165) is 29.7 Å². The molecule has 1 N–H and O–H groups in total. The minimum atomic E-state index is -3.05. The van der Waals surface area contributed by atoms with E-state index in [-0.39, 0.29) is 16.8 Å². The molecule has 7 nitrogen and oxygen atoms in total. The topological polar surface area (TPSA) is 87.0 Å². The summed E-state index contributed by atoms with van der Waals surface area (Å²) in [6.07, 6.45) is 0.171. The third-order valence-corrected chi connectivity index (χ3v) is 6.24. The van der Waals surface area contributed by atoms with Crippen LogP contribution in [0, 0.1) is 6.92 Å². The van der Waals surface area contributed by atoms with Gasteiger partial charge in [0.25, 0.3) is 5.56 Å². The molecule has 0 radical (unpaired) electrons. The number of nitrogens with zero attached hydrogens (tertiary/aromatic N) is 1. The Kier molecular flexibility index (Phi) is 6.79. The number of fused-ring (bicyclic) bond motifs is 2. The van der Waals surface area contributed by atoms with Crippen LogP contribution in [-0.4, -0.2) is 34.5 Å². The average molecular weight is 502 g/mol. The highest BCUT2D eigenvalue weighted by Gasteiger charge is 2.34. The summed E-state index contributed by atoms with van der Waals surface area (Å²) in [5.74, 6) is -0.645. The van der Waals surface area contributed by atoms with Crippen LogP contribution in [0.15, 0.2) is 35.1 Å². The van der Waals surface area contributed by atoms with Gasteiger partial charge in [-0.3, -0.25) is 4.79 Å². The molecular weight excluding hydrogens is 472 g/mol. The number of carbonyl (C=O) groups is 1. The van der Waals surface area contributed by atoms with Gasteiger partial charge in [0, 0.05) is 12.6 Å². The smallest absolute Gasteiger partial charge is 0.387 e. The van der Waals surface area contributed by atoms with Crippen LogP contribution in [0.1, 0.15) is 50.1 Å². The number of carboxylic acid groups (broad SMARTS) is 1. The fourth-order valence-electron chi connectivity index (χ4n) is 4.74. The van der Waals surface area contributed by atoms with E-state index >= 15 is 0 Å². The molecule has 1 aliphatic heterocycles. The maximum Gasteiger partial charge on any atom is 0.387 e. The first-order chi connectivity index (χ1) is 16.9. The monoisotopic (exact) mass is 501 g/mol. The Morgan fingerprint density at radius 1 is 1.17 bits per heavy atom. The van der Waals surface area contributed by atoms with Crippen molar-refractivity contribution in [3.8, 4) is 22.6 Å². The van der Waals surface area contributed by atoms with Crippen LogP contribution in [-0.2, 0) is 23.0 Å². The summed E-state index contributed by atoms with van der Waals surface area (Å²) >= 11 is 0. The summed E-state index contributed by atoms with van der Waals surface area (Å²) in [6.45, 7) is 4.70. The predicted octanol–water partition coefficient (Wildman–Crippen LogP) is 5.38. The van der Waals surface area contributed by atoms with Crippen molar-refractivity contribution in [2.24, 2.45) is 7.05 Å². The van der Waals surface area contributed by atoms with Crippen LogP contribution >= 0.6 is 0 Å². The summed E-state index contributed by atoms with van der Waals surface area (Å²) in [7, 11) is 1.46. The van der Waals surface area contributed by atoms with Gasteiger partial charge in [0.15, 0.2) is 6.10 Å². The first-order valence-electron chi connectivity index (χ1n) is 11.7. The van der Waals surface area contributed by atoms with Gasteiger partial charge >= 0.3 is 12.6 Å². The number of hydrogen-bond donors (Lipinski definition) is 1. The largest absolute Gasteiger partial charge is 0.493 e. The third-order valence-electron chi connectivity index (χ3n) is 6.24. The molecule has 192 valence electrons. The van der Waals surface area contributed by atoms with E-state index in [4.69, 9.17) is 9.47 Å². The Morgan fingerprint density at radius 2 is 1.89 bits per heavy atom. The second-order valence-electron chi connectivity index (χ2n) is 9.83. The highest BCUT2D eigenvalue weighted by atomic mass is 19.3. The zero-order valence-electron chi connectivity index (χ0n) is 20.9. The van der Waals surface area contributed by atoms with Gasteiger partial charge in [-0.05, 0) is 86.9 Å². The van der Waals surface area contributed by atoms with Gasteiger partial charge in [0.1, 0.15) is 11.5 Å². The van der Waals surface area contributed by atoms with E-state index in [1.807, 2.05) is 19.1 Å². The van der Waals surface area contributed by atoms with Crippen LogP contribution in [0.25, 0.3) is 21.9 Å². The van der Waals surface area contributed by atoms with Crippen LogP contribution in [0.5, 0.6) is 11.5 Å². The zero-order chi connectivity index (χ0) is 26.4. The van der Waals surface area contributed by atoms with Gasteiger partial charge in [0.2, 0.25) is 0 Å². The first kappa shape index (κ1) is 25.6. The van der Waals surface area contributed by atoms with Crippen molar-refractivity contribution in [2.75, 3.05) is 6.61 Å². The summed E-state index contributed by atoms with van der Waals surface area (Å²) in [5.41, 5.74) is 1.87. The van der Waals surface area contributed by atoms with Crippen molar-refractivity contribution in [3.05, 3.63) is 57.5 Å². The molecule has 1 aromatic heterocycles. The summed E-state index contributed by atoms with van der Waals surface area (Å²) in [4.78, 5) is 25.9. The molecule has 9 heteroatoms. The third kappa shape index (κ3) is 4.80. The van der Waals surface area contributed by atoms with Crippen molar-refractivity contribution < 1.29 is 32.9 Å². The quantitative estimate of drug-likeness (QED) is 0.488. The van der Waals surface area contributed by atoms with Crippen molar-refractivity contribution in [1.29, 1.82) is 0 Å². The number of hydrogen-bond acceptors (Lipinski definition) is 5. The lowest BCUT2D eigenvalue weighted by Gasteiger charge is -2.29. The van der Waals surface area contributed by atoms with E-state index in [0.29, 0.717) is 23.1 Å². The van der Waals surface area contributed by atoms with Crippen molar-refractivity contribution in [2.45, 2.75) is 58.9 Å². The van der Waals surface area contributed by atoms with E-state index in [9.17, 15) is 23.5 Å². The molecule has 2 heterocycles. The molecule has 0 amide bonds. The molecule has 3 aromatic rings. The number of carboxylic acids is 1. The summed E-state index contributed by atoms with van der Waals surface area (Å²) in [6, 6.07) is 7.79. The molecule has 0 spiro atoms. The maximum absolute atomic E-state index is 13.4. The second kappa shape index (κ2) is 9.54. The zero-order valence-corrected chi connectivity index (χ0v) is 20.9. The van der Waals surface area contributed by atoms with Gasteiger partial charge in [-0.2, -0.15) is 8.78 Å². The standard InChI is InChI=1S/C27H29F2NO6/c1-14-16-7-6-12-34-20(16)11-10-17(14)21-18-9-8-15(35-26(28)29)13-19(18)24(31)30(5)22(21)23(25(32)33)36-27(2,3)4/h8-11,13,23,26H,6-7,12H2,1-5H3,(H,32,33). The normalized spacial score (nSPS) is 14.4. The highest BCUT2D eigenvalue weighted by Crippen LogP contribution is 2.42. The molecular formula is C27H29F2NO6. The maximum atomic E-state index is 13.4. The Hall–Kier alpha value is -3.46. The van der Waals surface area contributed by atoms with Gasteiger partial charge < -0.3 is 23.9 Å². The molecule has 0 saturated carbocycles. The average Bonchev–Trinajstić information content (AvgIpc) is 2.80. The fourth-order valence-corrected chi connectivity index (χ4v) is 4.74. The molecule has 1 aliphatic rings. The van der Waals surface area contributed by atoms with Crippen molar-refractivity contribution >= 4 is 16.7 Å². The molecule has 0 aliphatic carbocycles. The summed E-state index contributed by atoms with van der Waals surface area (Å²) in [5, 5.41) is 10.7. The molecule has 0 saturated heterocycles. The molecule has 36 heavy (non-hydrogen) atoms. The number of pyridine rings is 1. The number of halogens is 2. The molecule has 2 aromatic carbocycles. The van der Waals surface area contributed by atoms with E-state index in [1.54, 1.807) is 20.8 Å². The number of rotatable bonds is 6. The molecule has 0 fully saturated rings. The SMILES string of the molecule is Cc1c(-c2c(C(OC(C)(C)C)C(=O)O)n(C)c(=O)c3cc(OC(F)F)ccc23)ccc2c1CCCO2. The molecule has 1 atom stereocenters. The second-order valence-corrected chi connectivity index (χ2v) is 9.83. The minimum Gasteiger partial charge on any atom is -0.493 e. The predicted molar refractivity (Wildman–Crippen MR) is 131 cm³/mol. The van der Waals surface area contributed by atoms with Crippen molar-refractivity contribution in [1.82, 2.24) is 4.57 Å². The highest BCUT2D eigenvalue weighted by molar-refractivity contribution is 6.00. The lowest BCUT2D eigenvalue weighted by molar-refractivity contribution is -0.161. The van der Waals surface area contributed by atoms with Gasteiger partial charge in [-0.1, -0.05) is 6.07 Å². The van der Waals surface area contributed by atoms with Crippen LogP contribution < -0.4 is 15.0 Å². The number of alkyl halides is 2. The molecule has 4 rings (SSSR count). The lowest BCUT2D eigenvalue weighted by Crippen LogP contribution is -2.33. The Labute approximate surface area is 207 Å². The Bertz CT molecular complexity index is 1390. The van der Waals surface area contributed by atoms with E-state index in [2.05, 4.69) is 4.74 Å². The molecule has 0 bridgehead atoms. The number of aromatic nitrogens is 1.